The van der Waals surface area contributed by atoms with Gasteiger partial charge in [-0.05, 0) is 83.2 Å². The normalized spacial score (nSPS) is 21.7. The van der Waals surface area contributed by atoms with Crippen molar-refractivity contribution in [3.05, 3.63) is 107 Å². The van der Waals surface area contributed by atoms with E-state index in [0.29, 0.717) is 0 Å². The number of hydrogen-bond acceptors (Lipinski definition) is 5. The highest BCUT2D eigenvalue weighted by Gasteiger charge is 2.54. The summed E-state index contributed by atoms with van der Waals surface area (Å²) in [6.07, 6.45) is -0.940. The van der Waals surface area contributed by atoms with E-state index in [1.165, 1.54) is 11.1 Å². The lowest BCUT2D eigenvalue weighted by atomic mass is 9.91. The van der Waals surface area contributed by atoms with Crippen LogP contribution in [0.2, 0.25) is 0 Å². The van der Waals surface area contributed by atoms with Crippen LogP contribution in [0, 0.1) is 0 Å². The van der Waals surface area contributed by atoms with Crippen molar-refractivity contribution in [2.75, 3.05) is 0 Å². The zero-order valence-electron chi connectivity index (χ0n) is 23.2. The molecule has 2 aliphatic heterocycles. The van der Waals surface area contributed by atoms with Crippen LogP contribution in [0.5, 0.6) is 0 Å². The predicted octanol–water partition coefficient (Wildman–Crippen LogP) is 7.09. The number of nitrogens with zero attached hydrogens (tertiary/aromatic N) is 2. The third-order valence-electron chi connectivity index (χ3n) is 8.23. The lowest BCUT2D eigenvalue weighted by molar-refractivity contribution is -0.306. The smallest absolute Gasteiger partial charge is 0.361 e. The van der Waals surface area contributed by atoms with E-state index in [0.717, 1.165) is 16.7 Å². The molecular weight excluding hydrogens is 460 g/mol. The third-order valence-corrected chi connectivity index (χ3v) is 8.23. The van der Waals surface area contributed by atoms with Crippen molar-refractivity contribution in [2.24, 2.45) is 0 Å². The van der Waals surface area contributed by atoms with Gasteiger partial charge in [-0.1, -0.05) is 78.9 Å². The molecule has 0 fully saturated rings. The first-order valence-electron chi connectivity index (χ1n) is 13.0. The Balaban J connectivity index is 1.51. The molecule has 3 aromatic carbocycles. The fourth-order valence-corrected chi connectivity index (χ4v) is 6.54. The maximum atomic E-state index is 14.1. The molecular formula is C32H38N2O3. The monoisotopic (exact) mass is 498 g/mol. The minimum atomic E-state index is -0.940. The Morgan fingerprint density at radius 3 is 1.32 bits per heavy atom. The summed E-state index contributed by atoms with van der Waals surface area (Å²) in [5.41, 5.74) is 3.55. The second-order valence-electron chi connectivity index (χ2n) is 12.2. The maximum Gasteiger partial charge on any atom is 0.361 e. The van der Waals surface area contributed by atoms with Gasteiger partial charge in [0, 0.05) is 0 Å². The van der Waals surface area contributed by atoms with Crippen LogP contribution in [0.15, 0.2) is 78.9 Å². The number of hydroxylamine groups is 4. The van der Waals surface area contributed by atoms with E-state index in [1.54, 1.807) is 0 Å². The molecule has 0 bridgehead atoms. The van der Waals surface area contributed by atoms with E-state index in [1.807, 2.05) is 52.6 Å². The van der Waals surface area contributed by atoms with Gasteiger partial charge in [-0.2, -0.15) is 5.06 Å². The lowest BCUT2D eigenvalue weighted by Gasteiger charge is -2.42. The molecule has 0 saturated carbocycles. The van der Waals surface area contributed by atoms with Crippen molar-refractivity contribution in [2.45, 2.75) is 83.6 Å². The number of rotatable bonds is 5. The van der Waals surface area contributed by atoms with E-state index in [9.17, 15) is 4.79 Å². The van der Waals surface area contributed by atoms with Gasteiger partial charge < -0.3 is 4.84 Å². The molecule has 0 N–H and O–H groups in total. The van der Waals surface area contributed by atoms with Crippen molar-refractivity contribution in [3.8, 4) is 0 Å². The number of carbonyl (C=O) groups is 1. The first kappa shape index (κ1) is 25.7. The highest BCUT2D eigenvalue weighted by Crippen LogP contribution is 2.52. The Bertz CT molecular complexity index is 1260. The van der Waals surface area contributed by atoms with Crippen LogP contribution in [-0.4, -0.2) is 16.1 Å². The van der Waals surface area contributed by atoms with E-state index < -0.39 is 34.2 Å². The Labute approximate surface area is 220 Å². The molecule has 0 aliphatic carbocycles. The van der Waals surface area contributed by atoms with Crippen LogP contribution < -0.4 is 0 Å². The van der Waals surface area contributed by atoms with Crippen LogP contribution in [0.25, 0.3) is 0 Å². The lowest BCUT2D eigenvalue weighted by Crippen LogP contribution is -2.49. The van der Waals surface area contributed by atoms with Crippen molar-refractivity contribution in [3.63, 3.8) is 0 Å². The molecule has 0 saturated heterocycles. The largest absolute Gasteiger partial charge is 0.364 e. The first-order chi connectivity index (χ1) is 17.3. The van der Waals surface area contributed by atoms with Gasteiger partial charge in [0.25, 0.3) is 0 Å². The summed E-state index contributed by atoms with van der Waals surface area (Å²) in [5, 5.41) is 3.81. The summed E-state index contributed by atoms with van der Waals surface area (Å²) in [6.45, 7) is 16.9. The van der Waals surface area contributed by atoms with Gasteiger partial charge in [-0.15, -0.1) is 5.06 Å². The van der Waals surface area contributed by atoms with Gasteiger partial charge in [0.1, 0.15) is 0 Å². The van der Waals surface area contributed by atoms with Crippen molar-refractivity contribution in [1.29, 1.82) is 0 Å². The average molecular weight is 499 g/mol. The van der Waals surface area contributed by atoms with Crippen LogP contribution >= 0.6 is 0 Å². The zero-order chi connectivity index (χ0) is 26.8. The van der Waals surface area contributed by atoms with E-state index >= 15 is 0 Å². The van der Waals surface area contributed by atoms with Crippen molar-refractivity contribution in [1.82, 2.24) is 10.1 Å². The summed E-state index contributed by atoms with van der Waals surface area (Å²) >= 11 is 0. The molecule has 5 heteroatoms. The summed E-state index contributed by atoms with van der Waals surface area (Å²) in [5.74, 6) is -0.442. The Morgan fingerprint density at radius 2 is 0.919 bits per heavy atom. The number of fused-ring (bicyclic) bond motifs is 2. The molecule has 2 heterocycles. The minimum absolute atomic E-state index is 0.442. The van der Waals surface area contributed by atoms with Crippen LogP contribution in [0.1, 0.15) is 89.3 Å². The molecule has 1 unspecified atom stereocenters. The molecule has 37 heavy (non-hydrogen) atoms. The molecule has 1 atom stereocenters. The zero-order valence-corrected chi connectivity index (χ0v) is 23.2. The predicted molar refractivity (Wildman–Crippen MR) is 145 cm³/mol. The van der Waals surface area contributed by atoms with Crippen molar-refractivity contribution >= 4 is 5.97 Å². The summed E-state index contributed by atoms with van der Waals surface area (Å²) < 4.78 is 0. The average Bonchev–Trinajstić information content (AvgIpc) is 3.12. The number of carbonyl (C=O) groups excluding carboxylic acids is 1. The van der Waals surface area contributed by atoms with Crippen LogP contribution in [0.3, 0.4) is 0 Å². The van der Waals surface area contributed by atoms with E-state index in [-0.39, 0.29) is 0 Å². The third kappa shape index (κ3) is 3.83. The molecule has 2 aliphatic rings. The topological polar surface area (TPSA) is 42.0 Å². The standard InChI is InChI=1S/C32H38N2O3/c1-29(2)23-18-12-13-19-24(23)30(3,4)33(29)36-27(22-16-10-9-11-17-22)28(35)37-34-31(5,6)25-20-14-15-21-26(25)32(34,7)8/h9-21,27H,1-8H3. The van der Waals surface area contributed by atoms with Crippen molar-refractivity contribution < 1.29 is 14.5 Å². The number of hydrogen-bond donors (Lipinski definition) is 0. The van der Waals surface area contributed by atoms with Gasteiger partial charge in [0.15, 0.2) is 0 Å². The van der Waals surface area contributed by atoms with Gasteiger partial charge >= 0.3 is 5.97 Å². The molecule has 0 spiro atoms. The van der Waals surface area contributed by atoms with E-state index in [2.05, 4.69) is 91.8 Å². The second-order valence-corrected chi connectivity index (χ2v) is 12.2. The Morgan fingerprint density at radius 1 is 0.568 bits per heavy atom. The molecule has 5 rings (SSSR count). The SMILES string of the molecule is CC1(C)c2ccccc2C(C)(C)N1OC(=O)C(ON1C(C)(C)c2ccccc2C1(C)C)c1ccccc1. The summed E-state index contributed by atoms with van der Waals surface area (Å²) in [6, 6.07) is 26.3. The minimum Gasteiger partial charge on any atom is -0.364 e. The Hall–Kier alpha value is -2.99. The molecule has 0 aromatic heterocycles. The van der Waals surface area contributed by atoms with Gasteiger partial charge in [0.05, 0.1) is 22.2 Å². The number of benzene rings is 3. The fourth-order valence-electron chi connectivity index (χ4n) is 6.54. The van der Waals surface area contributed by atoms with Crippen LogP contribution in [0.4, 0.5) is 0 Å². The fraction of sp³-hybridized carbons (Fsp3) is 0.406. The van der Waals surface area contributed by atoms with Gasteiger partial charge in [-0.3, -0.25) is 4.84 Å². The molecule has 3 aromatic rings. The molecule has 0 amide bonds. The highest BCUT2D eigenvalue weighted by molar-refractivity contribution is 5.76. The van der Waals surface area contributed by atoms with Gasteiger partial charge in [0.2, 0.25) is 6.10 Å². The molecule has 194 valence electrons. The molecule has 5 nitrogen and oxygen atoms in total. The van der Waals surface area contributed by atoms with Gasteiger partial charge in [-0.25, -0.2) is 4.79 Å². The van der Waals surface area contributed by atoms with E-state index in [4.69, 9.17) is 9.68 Å². The molecule has 0 radical (unpaired) electrons. The first-order valence-corrected chi connectivity index (χ1v) is 13.0. The maximum absolute atomic E-state index is 14.1. The van der Waals surface area contributed by atoms with Crippen LogP contribution in [-0.2, 0) is 36.6 Å². The quantitative estimate of drug-likeness (QED) is 0.376. The summed E-state index contributed by atoms with van der Waals surface area (Å²) in [7, 11) is 0. The highest BCUT2D eigenvalue weighted by atomic mass is 16.8. The Kier molecular flexibility index (Phi) is 5.91. The second kappa shape index (κ2) is 8.52. The summed E-state index contributed by atoms with van der Waals surface area (Å²) in [4.78, 5) is 27.1.